The van der Waals surface area contributed by atoms with Gasteiger partial charge in [0.15, 0.2) is 5.82 Å². The number of carbonyl (C=O) groups excluding carboxylic acids is 1. The van der Waals surface area contributed by atoms with Crippen molar-refractivity contribution in [3.05, 3.63) is 71.9 Å². The van der Waals surface area contributed by atoms with Crippen molar-refractivity contribution in [3.63, 3.8) is 0 Å². The Morgan fingerprint density at radius 1 is 0.921 bits per heavy atom. The van der Waals surface area contributed by atoms with Gasteiger partial charge in [0.05, 0.1) is 31.0 Å². The summed E-state index contributed by atoms with van der Waals surface area (Å²) in [6.45, 7) is 7.01. The van der Waals surface area contributed by atoms with Crippen molar-refractivity contribution in [2.24, 2.45) is 0 Å². The number of hydrogen-bond acceptors (Lipinski definition) is 7. The molecule has 0 bridgehead atoms. The molecule has 4 aromatic rings. The van der Waals surface area contributed by atoms with Crippen molar-refractivity contribution >= 4 is 34.3 Å². The third-order valence-corrected chi connectivity index (χ3v) is 7.00. The van der Waals surface area contributed by atoms with E-state index >= 15 is 0 Å². The number of nitrogens with one attached hydrogen (secondary N) is 2. The average Bonchev–Trinajstić information content (AvgIpc) is 2.97. The summed E-state index contributed by atoms with van der Waals surface area (Å²) in [5, 5.41) is 6.73. The Labute approximate surface area is 221 Å². The molecule has 194 valence electrons. The topological polar surface area (TPSA) is 95.5 Å². The Morgan fingerprint density at radius 2 is 1.74 bits per heavy atom. The number of rotatable bonds is 5. The van der Waals surface area contributed by atoms with E-state index in [0.29, 0.717) is 32.1 Å². The summed E-state index contributed by atoms with van der Waals surface area (Å²) in [5.41, 5.74) is 4.86. The van der Waals surface area contributed by atoms with Crippen molar-refractivity contribution < 1.29 is 9.53 Å². The number of hydrogen-bond donors (Lipinski definition) is 2. The molecule has 1 saturated heterocycles. The lowest BCUT2D eigenvalue weighted by molar-refractivity contribution is 0.122. The van der Waals surface area contributed by atoms with Crippen LogP contribution in [-0.4, -0.2) is 60.4 Å². The van der Waals surface area contributed by atoms with E-state index in [9.17, 15) is 4.79 Å². The molecule has 0 atom stereocenters. The number of carbonyl (C=O) groups is 1. The number of morpholine rings is 1. The van der Waals surface area contributed by atoms with Gasteiger partial charge in [0.25, 0.3) is 0 Å². The van der Waals surface area contributed by atoms with Crippen molar-refractivity contribution in [2.45, 2.75) is 19.9 Å². The summed E-state index contributed by atoms with van der Waals surface area (Å²) in [6, 6.07) is 19.9. The Kier molecular flexibility index (Phi) is 6.75. The summed E-state index contributed by atoms with van der Waals surface area (Å²) >= 11 is 0. The zero-order valence-corrected chi connectivity index (χ0v) is 21.5. The first kappa shape index (κ1) is 24.1. The van der Waals surface area contributed by atoms with Gasteiger partial charge in [-0.05, 0) is 55.8 Å². The van der Waals surface area contributed by atoms with Crippen LogP contribution in [0.1, 0.15) is 18.2 Å². The number of fused-ring (bicyclic) bond motifs is 2. The molecule has 0 aliphatic carbocycles. The van der Waals surface area contributed by atoms with E-state index < -0.39 is 0 Å². The van der Waals surface area contributed by atoms with Crippen molar-refractivity contribution in [1.82, 2.24) is 20.3 Å². The molecule has 2 aliphatic rings. The minimum Gasteiger partial charge on any atom is -0.378 e. The molecule has 0 saturated carbocycles. The van der Waals surface area contributed by atoms with Crippen molar-refractivity contribution in [2.75, 3.05) is 54.5 Å². The Hall–Kier alpha value is -4.24. The number of urea groups is 1. The quantitative estimate of drug-likeness (QED) is 0.416. The summed E-state index contributed by atoms with van der Waals surface area (Å²) in [5.74, 6) is 2.65. The zero-order chi connectivity index (χ0) is 25.9. The standard InChI is InChI=1S/C29H31N7O2/c1-2-30-29(37)31-22-10-7-21(8-11-22)27-33-25-19-36(26-12-9-20-5-3-4-6-24(20)32-26)14-13-23(25)28(34-27)35-15-17-38-18-16-35/h3-12H,2,13-19H2,1H3,(H2,30,31,37). The van der Waals surface area contributed by atoms with Gasteiger partial charge in [0.2, 0.25) is 0 Å². The molecular formula is C29H31N7O2. The number of aromatic nitrogens is 3. The first-order valence-electron chi connectivity index (χ1n) is 13.2. The molecule has 2 aliphatic heterocycles. The molecule has 38 heavy (non-hydrogen) atoms. The minimum absolute atomic E-state index is 0.220. The number of amides is 2. The van der Waals surface area contributed by atoms with Gasteiger partial charge >= 0.3 is 6.03 Å². The first-order chi connectivity index (χ1) is 18.7. The second-order valence-corrected chi connectivity index (χ2v) is 9.49. The fourth-order valence-corrected chi connectivity index (χ4v) is 5.04. The van der Waals surface area contributed by atoms with E-state index in [1.807, 2.05) is 43.3 Å². The number of anilines is 3. The predicted octanol–water partition coefficient (Wildman–Crippen LogP) is 4.23. The maximum Gasteiger partial charge on any atom is 0.319 e. The molecule has 6 rings (SSSR count). The summed E-state index contributed by atoms with van der Waals surface area (Å²) in [6.07, 6.45) is 0.853. The predicted molar refractivity (Wildman–Crippen MR) is 150 cm³/mol. The van der Waals surface area contributed by atoms with E-state index in [0.717, 1.165) is 65.5 Å². The molecular weight excluding hydrogens is 478 g/mol. The highest BCUT2D eigenvalue weighted by Gasteiger charge is 2.27. The van der Waals surface area contributed by atoms with E-state index in [1.54, 1.807) is 0 Å². The highest BCUT2D eigenvalue weighted by Crippen LogP contribution is 2.32. The largest absolute Gasteiger partial charge is 0.378 e. The molecule has 2 N–H and O–H groups in total. The van der Waals surface area contributed by atoms with Crippen LogP contribution in [0.4, 0.5) is 22.1 Å². The van der Waals surface area contributed by atoms with Gasteiger partial charge in [-0.2, -0.15) is 0 Å². The Balaban J connectivity index is 1.33. The number of benzene rings is 2. The van der Waals surface area contributed by atoms with Crippen LogP contribution in [0.25, 0.3) is 22.3 Å². The number of para-hydroxylation sites is 1. The van der Waals surface area contributed by atoms with E-state index in [2.05, 4.69) is 44.7 Å². The minimum atomic E-state index is -0.220. The van der Waals surface area contributed by atoms with Crippen molar-refractivity contribution in [3.8, 4) is 11.4 Å². The molecule has 9 nitrogen and oxygen atoms in total. The zero-order valence-electron chi connectivity index (χ0n) is 21.5. The van der Waals surface area contributed by atoms with Gasteiger partial charge in [-0.25, -0.2) is 19.7 Å². The van der Waals surface area contributed by atoms with Crippen LogP contribution in [0.15, 0.2) is 60.7 Å². The van der Waals surface area contributed by atoms with E-state index in [-0.39, 0.29) is 6.03 Å². The second-order valence-electron chi connectivity index (χ2n) is 9.49. The monoisotopic (exact) mass is 509 g/mol. The Bertz CT molecular complexity index is 1450. The molecule has 2 amide bonds. The van der Waals surface area contributed by atoms with Crippen LogP contribution in [0, 0.1) is 0 Å². The number of nitrogens with zero attached hydrogens (tertiary/aromatic N) is 5. The van der Waals surface area contributed by atoms with E-state index in [1.165, 1.54) is 5.56 Å². The molecule has 0 spiro atoms. The van der Waals surface area contributed by atoms with Crippen LogP contribution in [-0.2, 0) is 17.7 Å². The second kappa shape index (κ2) is 10.6. The fraction of sp³-hybridized carbons (Fsp3) is 0.310. The third kappa shape index (κ3) is 4.97. The maximum absolute atomic E-state index is 11.9. The van der Waals surface area contributed by atoms with Gasteiger partial charge in [-0.15, -0.1) is 0 Å². The lowest BCUT2D eigenvalue weighted by atomic mass is 10.0. The van der Waals surface area contributed by atoms with E-state index in [4.69, 9.17) is 19.7 Å². The molecule has 0 radical (unpaired) electrons. The number of ether oxygens (including phenoxy) is 1. The van der Waals surface area contributed by atoms with Gasteiger partial charge in [0, 0.05) is 48.4 Å². The fourth-order valence-electron chi connectivity index (χ4n) is 5.04. The summed E-state index contributed by atoms with van der Waals surface area (Å²) in [4.78, 5) is 31.6. The average molecular weight is 510 g/mol. The van der Waals surface area contributed by atoms with Crippen LogP contribution in [0.3, 0.4) is 0 Å². The van der Waals surface area contributed by atoms with Gasteiger partial charge in [-0.3, -0.25) is 0 Å². The summed E-state index contributed by atoms with van der Waals surface area (Å²) in [7, 11) is 0. The van der Waals surface area contributed by atoms with Gasteiger partial charge < -0.3 is 25.2 Å². The lowest BCUT2D eigenvalue weighted by Gasteiger charge is -2.34. The van der Waals surface area contributed by atoms with Crippen LogP contribution >= 0.6 is 0 Å². The van der Waals surface area contributed by atoms with Gasteiger partial charge in [-0.1, -0.05) is 18.2 Å². The van der Waals surface area contributed by atoms with Crippen LogP contribution in [0.2, 0.25) is 0 Å². The molecule has 2 aromatic carbocycles. The summed E-state index contributed by atoms with van der Waals surface area (Å²) < 4.78 is 5.61. The first-order valence-corrected chi connectivity index (χ1v) is 13.2. The lowest BCUT2D eigenvalue weighted by Crippen LogP contribution is -2.39. The van der Waals surface area contributed by atoms with Crippen LogP contribution < -0.4 is 20.4 Å². The van der Waals surface area contributed by atoms with Crippen molar-refractivity contribution in [1.29, 1.82) is 0 Å². The third-order valence-electron chi connectivity index (χ3n) is 7.00. The highest BCUT2D eigenvalue weighted by molar-refractivity contribution is 5.89. The SMILES string of the molecule is CCNC(=O)Nc1ccc(-c2nc3c(c(N4CCOCC4)n2)CCN(c2ccc4ccccc4n2)C3)cc1. The van der Waals surface area contributed by atoms with Gasteiger partial charge in [0.1, 0.15) is 11.6 Å². The van der Waals surface area contributed by atoms with Crippen LogP contribution in [0.5, 0.6) is 0 Å². The number of pyridine rings is 1. The smallest absolute Gasteiger partial charge is 0.319 e. The highest BCUT2D eigenvalue weighted by atomic mass is 16.5. The molecule has 9 heteroatoms. The molecule has 1 fully saturated rings. The molecule has 0 unspecified atom stereocenters. The molecule has 2 aromatic heterocycles. The maximum atomic E-state index is 11.9. The molecule has 4 heterocycles. The normalized spacial score (nSPS) is 15.3. The Morgan fingerprint density at radius 3 is 2.55 bits per heavy atom.